The van der Waals surface area contributed by atoms with Crippen LogP contribution in [0.5, 0.6) is 0 Å². The smallest absolute Gasteiger partial charge is 0.338 e. The summed E-state index contributed by atoms with van der Waals surface area (Å²) >= 11 is 0. The van der Waals surface area contributed by atoms with Gasteiger partial charge in [-0.1, -0.05) is 0 Å². The molecule has 2 aromatic heterocycles. The molecule has 0 fully saturated rings. The molecule has 8 heteroatoms. The molecule has 0 aromatic carbocycles. The second kappa shape index (κ2) is 6.64. The molecule has 0 bridgehead atoms. The average molecular weight is 319 g/mol. The molecule has 8 nitrogen and oxygen atoms in total. The van der Waals surface area contributed by atoms with Crippen molar-refractivity contribution in [2.75, 3.05) is 0 Å². The maximum absolute atomic E-state index is 12.3. The largest absolute Gasteiger partial charge is 0.478 e. The fourth-order valence-corrected chi connectivity index (χ4v) is 2.31. The molecule has 0 saturated carbocycles. The van der Waals surface area contributed by atoms with Gasteiger partial charge in [0.15, 0.2) is 0 Å². The first-order chi connectivity index (χ1) is 10.8. The molecule has 0 radical (unpaired) electrons. The van der Waals surface area contributed by atoms with Gasteiger partial charge in [0.1, 0.15) is 6.04 Å². The number of nitrogens with one attached hydrogen (secondary N) is 1. The molecule has 23 heavy (non-hydrogen) atoms. The number of aryl methyl sites for hydroxylation is 2. The van der Waals surface area contributed by atoms with Crippen molar-refractivity contribution >= 4 is 11.9 Å². The number of carboxylic acids is 1. The Morgan fingerprint density at radius 3 is 2.57 bits per heavy atom. The van der Waals surface area contributed by atoms with Crippen LogP contribution in [0.4, 0.5) is 0 Å². The second-order valence-corrected chi connectivity index (χ2v) is 5.45. The van der Waals surface area contributed by atoms with Crippen molar-refractivity contribution in [2.45, 2.75) is 46.3 Å². The molecule has 2 rings (SSSR count). The highest BCUT2D eigenvalue weighted by Crippen LogP contribution is 2.17. The van der Waals surface area contributed by atoms with Crippen molar-refractivity contribution in [1.82, 2.24) is 24.9 Å². The van der Waals surface area contributed by atoms with Gasteiger partial charge in [-0.2, -0.15) is 10.2 Å². The summed E-state index contributed by atoms with van der Waals surface area (Å²) in [6, 6.07) is -0.799. The van der Waals surface area contributed by atoms with Gasteiger partial charge in [0, 0.05) is 24.5 Å². The Hall–Kier alpha value is -2.64. The molecule has 0 aliphatic rings. The van der Waals surface area contributed by atoms with Gasteiger partial charge < -0.3 is 10.4 Å². The summed E-state index contributed by atoms with van der Waals surface area (Å²) in [6.45, 7) is 8.23. The first-order valence-electron chi connectivity index (χ1n) is 7.45. The summed E-state index contributed by atoms with van der Waals surface area (Å²) < 4.78 is 3.16. The number of aromatic nitrogens is 4. The molecular formula is C15H21N5O3. The van der Waals surface area contributed by atoms with Gasteiger partial charge in [0.05, 0.1) is 23.5 Å². The van der Waals surface area contributed by atoms with Gasteiger partial charge >= 0.3 is 5.97 Å². The van der Waals surface area contributed by atoms with Crippen molar-refractivity contribution in [2.24, 2.45) is 0 Å². The Morgan fingerprint density at radius 1 is 1.35 bits per heavy atom. The average Bonchev–Trinajstić information content (AvgIpc) is 3.12. The number of rotatable bonds is 6. The van der Waals surface area contributed by atoms with Crippen molar-refractivity contribution in [3.05, 3.63) is 35.4 Å². The molecule has 2 atom stereocenters. The molecule has 0 aliphatic carbocycles. The SMILES string of the molecule is CCn1cc(C(C)NC(=O)C(C)n2cc(C(=O)O)cn2)c(C)n1. The Morgan fingerprint density at radius 2 is 2.04 bits per heavy atom. The van der Waals surface area contributed by atoms with Crippen LogP contribution in [0.15, 0.2) is 18.6 Å². The zero-order valence-electron chi connectivity index (χ0n) is 13.6. The van der Waals surface area contributed by atoms with Crippen molar-refractivity contribution in [3.63, 3.8) is 0 Å². The minimum absolute atomic E-state index is 0.0535. The molecule has 2 N–H and O–H groups in total. The van der Waals surface area contributed by atoms with Gasteiger partial charge in [0.2, 0.25) is 5.91 Å². The van der Waals surface area contributed by atoms with E-state index in [4.69, 9.17) is 5.11 Å². The fourth-order valence-electron chi connectivity index (χ4n) is 2.31. The highest BCUT2D eigenvalue weighted by molar-refractivity contribution is 5.87. The Balaban J connectivity index is 2.07. The molecule has 2 unspecified atom stereocenters. The van der Waals surface area contributed by atoms with E-state index in [0.717, 1.165) is 17.8 Å². The van der Waals surface area contributed by atoms with Gasteiger partial charge in [-0.3, -0.25) is 14.2 Å². The lowest BCUT2D eigenvalue weighted by molar-refractivity contribution is -0.124. The number of hydrogen-bond donors (Lipinski definition) is 2. The van der Waals surface area contributed by atoms with E-state index in [-0.39, 0.29) is 17.5 Å². The second-order valence-electron chi connectivity index (χ2n) is 5.45. The summed E-state index contributed by atoms with van der Waals surface area (Å²) in [4.78, 5) is 23.2. The minimum atomic E-state index is -1.07. The first-order valence-corrected chi connectivity index (χ1v) is 7.45. The number of amides is 1. The third kappa shape index (κ3) is 3.58. The van der Waals surface area contributed by atoms with E-state index in [1.807, 2.05) is 31.6 Å². The van der Waals surface area contributed by atoms with Crippen LogP contribution >= 0.6 is 0 Å². The molecule has 0 aliphatic heterocycles. The van der Waals surface area contributed by atoms with E-state index in [2.05, 4.69) is 15.5 Å². The highest BCUT2D eigenvalue weighted by atomic mass is 16.4. The van der Waals surface area contributed by atoms with Crippen molar-refractivity contribution in [1.29, 1.82) is 0 Å². The van der Waals surface area contributed by atoms with Gasteiger partial charge in [-0.05, 0) is 27.7 Å². The Labute approximate surface area is 134 Å². The third-order valence-corrected chi connectivity index (χ3v) is 3.76. The maximum Gasteiger partial charge on any atom is 0.338 e. The summed E-state index contributed by atoms with van der Waals surface area (Å²) in [5, 5.41) is 20.1. The lowest BCUT2D eigenvalue weighted by Crippen LogP contribution is -2.33. The summed E-state index contributed by atoms with van der Waals surface area (Å²) in [7, 11) is 0. The summed E-state index contributed by atoms with van der Waals surface area (Å²) in [5.74, 6) is -1.30. The van der Waals surface area contributed by atoms with E-state index in [1.165, 1.54) is 17.1 Å². The predicted octanol–water partition coefficient (Wildman–Crippen LogP) is 1.54. The zero-order chi connectivity index (χ0) is 17.1. The van der Waals surface area contributed by atoms with Gasteiger partial charge in [-0.25, -0.2) is 4.79 Å². The standard InChI is InChI=1S/C15H21N5O3/c1-5-19-8-13(10(3)18-19)9(2)17-14(21)11(4)20-7-12(6-16-20)15(22)23/h6-9,11H,5H2,1-4H3,(H,17,21)(H,22,23). The van der Waals surface area contributed by atoms with Crippen LogP contribution in [0, 0.1) is 6.92 Å². The molecule has 0 spiro atoms. The Kier molecular flexibility index (Phi) is 4.83. The van der Waals surface area contributed by atoms with Gasteiger partial charge in [-0.15, -0.1) is 0 Å². The van der Waals surface area contributed by atoms with Crippen LogP contribution in [0.2, 0.25) is 0 Å². The summed E-state index contributed by atoms with van der Waals surface area (Å²) in [5.41, 5.74) is 1.89. The van der Waals surface area contributed by atoms with Crippen LogP contribution in [0.25, 0.3) is 0 Å². The van der Waals surface area contributed by atoms with Crippen LogP contribution in [0.3, 0.4) is 0 Å². The van der Waals surface area contributed by atoms with Gasteiger partial charge in [0.25, 0.3) is 0 Å². The number of carbonyl (C=O) groups is 2. The molecule has 2 aromatic rings. The van der Waals surface area contributed by atoms with Crippen LogP contribution in [-0.2, 0) is 11.3 Å². The monoisotopic (exact) mass is 319 g/mol. The number of carbonyl (C=O) groups excluding carboxylic acids is 1. The number of hydrogen-bond acceptors (Lipinski definition) is 4. The van der Waals surface area contributed by atoms with Crippen LogP contribution in [0.1, 0.15) is 54.5 Å². The Bertz CT molecular complexity index is 719. The first kappa shape index (κ1) is 16.7. The van der Waals surface area contributed by atoms with Crippen molar-refractivity contribution in [3.8, 4) is 0 Å². The van der Waals surface area contributed by atoms with E-state index in [0.29, 0.717) is 0 Å². The van der Waals surface area contributed by atoms with E-state index < -0.39 is 12.0 Å². The van der Waals surface area contributed by atoms with Crippen LogP contribution in [-0.4, -0.2) is 36.5 Å². The van der Waals surface area contributed by atoms with Crippen molar-refractivity contribution < 1.29 is 14.7 Å². The molecule has 2 heterocycles. The molecule has 1 amide bonds. The van der Waals surface area contributed by atoms with E-state index >= 15 is 0 Å². The normalized spacial score (nSPS) is 13.6. The van der Waals surface area contributed by atoms with E-state index in [9.17, 15) is 9.59 Å². The summed E-state index contributed by atoms with van der Waals surface area (Å²) in [6.07, 6.45) is 4.49. The third-order valence-electron chi connectivity index (χ3n) is 3.76. The number of aromatic carboxylic acids is 1. The predicted molar refractivity (Wildman–Crippen MR) is 83.1 cm³/mol. The van der Waals surface area contributed by atoms with E-state index in [1.54, 1.807) is 6.92 Å². The minimum Gasteiger partial charge on any atom is -0.478 e. The quantitative estimate of drug-likeness (QED) is 0.841. The fraction of sp³-hybridized carbons (Fsp3) is 0.467. The lowest BCUT2D eigenvalue weighted by Gasteiger charge is -2.17. The molecule has 124 valence electrons. The molecule has 0 saturated heterocycles. The molecular weight excluding hydrogens is 298 g/mol. The van der Waals surface area contributed by atoms with Crippen LogP contribution < -0.4 is 5.32 Å². The lowest BCUT2D eigenvalue weighted by atomic mass is 10.1. The zero-order valence-corrected chi connectivity index (χ0v) is 13.6. The number of carboxylic acid groups (broad SMARTS) is 1. The highest BCUT2D eigenvalue weighted by Gasteiger charge is 2.21. The maximum atomic E-state index is 12.3. The number of nitrogens with zero attached hydrogens (tertiary/aromatic N) is 4. The topological polar surface area (TPSA) is 102 Å².